The monoisotopic (exact) mass is 1240 g/mol. The van der Waals surface area contributed by atoms with E-state index in [0.717, 1.165) is 34.1 Å². The van der Waals surface area contributed by atoms with Crippen LogP contribution in [0.15, 0.2) is 182 Å². The molecule has 0 unspecified atom stereocenters. The molecule has 5 nitrogen and oxygen atoms in total. The molecule has 402 valence electrons. The first-order chi connectivity index (χ1) is 39.4. The number of anilines is 8. The van der Waals surface area contributed by atoms with E-state index in [2.05, 4.69) is 271 Å². The van der Waals surface area contributed by atoms with Gasteiger partial charge in [0.1, 0.15) is 0 Å². The first kappa shape index (κ1) is 48.3. The number of rotatable bonds is 0. The molecule has 0 saturated heterocycles. The van der Waals surface area contributed by atoms with Crippen LogP contribution >= 0.6 is 0 Å². The Morgan fingerprint density at radius 1 is 0.354 bits per heavy atom. The third-order valence-electron chi connectivity index (χ3n) is 18.8. The molecule has 0 saturated carbocycles. The molecular weight excluding hydrogens is 1180 g/mol. The van der Waals surface area contributed by atoms with Crippen molar-refractivity contribution >= 4 is 53.8 Å². The molecule has 5 heterocycles. The van der Waals surface area contributed by atoms with Crippen LogP contribution in [0.1, 0.15) is 103 Å². The molecule has 6 heteroatoms. The van der Waals surface area contributed by atoms with Crippen molar-refractivity contribution in [3.8, 4) is 78.3 Å². The first-order valence-electron chi connectivity index (χ1n) is 28.8. The molecule has 10 aromatic rings. The van der Waals surface area contributed by atoms with Gasteiger partial charge in [-0.3, -0.25) is 0 Å². The summed E-state index contributed by atoms with van der Waals surface area (Å²) in [5.74, 6) is 1.27. The summed E-state index contributed by atoms with van der Waals surface area (Å²) in [6.07, 6.45) is 0. The SMILES string of the molecule is CC(C)(C)c1cc2c3c(c1)-c1ccc4c(c1)-c1cc(ccc1C4(C)C)-c1cc(C(C)(C)C)cc(c1N1[C]4=[Pt]=[C]5N(c6[c-]c(ccc6)Oc6[c-]c(ccc6)N4c4ccccc41)c1ccccc1N53)-c1ccc3c(c1)-c1cc-2ccc1C3(C)C. The zero-order valence-corrected chi connectivity index (χ0v) is 50.1. The van der Waals surface area contributed by atoms with E-state index in [1.54, 1.807) is 0 Å². The van der Waals surface area contributed by atoms with Gasteiger partial charge in [-0.25, -0.2) is 0 Å². The Hall–Kier alpha value is -8.37. The second kappa shape index (κ2) is 16.2. The molecule has 0 fully saturated rings. The van der Waals surface area contributed by atoms with Gasteiger partial charge < -0.3 is 0 Å². The summed E-state index contributed by atoms with van der Waals surface area (Å²) in [6, 6.07) is 78.5. The van der Waals surface area contributed by atoms with E-state index in [1.165, 1.54) is 120 Å². The molecule has 0 N–H and O–H groups in total. The van der Waals surface area contributed by atoms with Gasteiger partial charge in [0.25, 0.3) is 0 Å². The number of hydrogen-bond acceptors (Lipinski definition) is 5. The average Bonchev–Trinajstić information content (AvgIpc) is 2.73. The Bertz CT molecular complexity index is 4210. The van der Waals surface area contributed by atoms with Crippen LogP contribution in [0.3, 0.4) is 0 Å². The number of nitrogens with zero attached hydrogens (tertiary/aromatic N) is 4. The fourth-order valence-electron chi connectivity index (χ4n) is 14.4. The van der Waals surface area contributed by atoms with E-state index in [0.29, 0.717) is 11.5 Å². The van der Waals surface area contributed by atoms with E-state index >= 15 is 0 Å². The average molecular weight is 1240 g/mol. The molecule has 5 aliphatic heterocycles. The van der Waals surface area contributed by atoms with Gasteiger partial charge >= 0.3 is 492 Å². The van der Waals surface area contributed by atoms with Crippen LogP contribution in [0.4, 0.5) is 45.5 Å². The molecule has 17 rings (SSSR count). The van der Waals surface area contributed by atoms with Crippen molar-refractivity contribution < 1.29 is 22.4 Å². The van der Waals surface area contributed by atoms with Crippen LogP contribution in [0.2, 0.25) is 0 Å². The van der Waals surface area contributed by atoms with Crippen LogP contribution in [0.5, 0.6) is 11.5 Å². The van der Waals surface area contributed by atoms with Gasteiger partial charge in [0.2, 0.25) is 0 Å². The van der Waals surface area contributed by atoms with Crippen molar-refractivity contribution in [2.75, 3.05) is 19.6 Å². The summed E-state index contributed by atoms with van der Waals surface area (Å²) in [7, 11) is 0. The zero-order chi connectivity index (χ0) is 55.7. The van der Waals surface area contributed by atoms with Gasteiger partial charge in [0.05, 0.1) is 0 Å². The fourth-order valence-corrected chi connectivity index (χ4v) is 18.0. The van der Waals surface area contributed by atoms with Gasteiger partial charge in [-0.15, -0.1) is 0 Å². The van der Waals surface area contributed by atoms with Gasteiger partial charge in [0.15, 0.2) is 0 Å². The summed E-state index contributed by atoms with van der Waals surface area (Å²) >= 11 is -1.29. The third-order valence-corrected chi connectivity index (χ3v) is 21.8. The summed E-state index contributed by atoms with van der Waals surface area (Å²) in [6.45, 7) is 23.9. The Kier molecular flexibility index (Phi) is 9.56. The van der Waals surface area contributed by atoms with Crippen LogP contribution in [0.25, 0.3) is 66.8 Å². The Labute approximate surface area is 489 Å². The van der Waals surface area contributed by atoms with Crippen molar-refractivity contribution in [1.82, 2.24) is 0 Å². The molecule has 0 aromatic heterocycles. The summed E-state index contributed by atoms with van der Waals surface area (Å²) < 4.78 is 9.26. The van der Waals surface area contributed by atoms with Crippen LogP contribution in [-0.2, 0) is 39.3 Å². The van der Waals surface area contributed by atoms with E-state index in [-0.39, 0.29) is 21.7 Å². The normalized spacial score (nSPS) is 16.4. The summed E-state index contributed by atoms with van der Waals surface area (Å²) in [5, 5.41) is 0. The minimum atomic E-state index is -1.29. The maximum absolute atomic E-state index is 6.89. The predicted molar refractivity (Wildman–Crippen MR) is 336 cm³/mol. The first-order valence-corrected chi connectivity index (χ1v) is 31.1. The van der Waals surface area contributed by atoms with E-state index < -0.39 is 17.6 Å². The molecule has 0 amide bonds. The third kappa shape index (κ3) is 6.55. The Morgan fingerprint density at radius 2 is 0.671 bits per heavy atom. The van der Waals surface area contributed by atoms with E-state index in [1.807, 2.05) is 12.1 Å². The molecule has 2 aliphatic carbocycles. The number of para-hydroxylation sites is 4. The summed E-state index contributed by atoms with van der Waals surface area (Å²) in [5.41, 5.74) is 30.5. The number of fused-ring (bicyclic) bond motifs is 18. The van der Waals surface area contributed by atoms with Gasteiger partial charge in [-0.1, -0.05) is 0 Å². The van der Waals surface area contributed by atoms with Crippen LogP contribution in [-0.4, -0.2) is 8.29 Å². The quantitative estimate of drug-likeness (QED) is 0.141. The van der Waals surface area contributed by atoms with Gasteiger partial charge in [-0.05, 0) is 0 Å². The second-order valence-electron chi connectivity index (χ2n) is 26.4. The molecule has 0 atom stereocenters. The number of benzene rings is 10. The topological polar surface area (TPSA) is 22.2 Å². The van der Waals surface area contributed by atoms with E-state index in [4.69, 9.17) is 4.74 Å². The second-order valence-corrected chi connectivity index (χ2v) is 29.0. The predicted octanol–water partition coefficient (Wildman–Crippen LogP) is 19.4. The molecule has 0 radical (unpaired) electrons. The fraction of sp³-hybridized carbons (Fsp3) is 0.184. The molecule has 82 heavy (non-hydrogen) atoms. The van der Waals surface area contributed by atoms with Crippen molar-refractivity contribution in [3.63, 3.8) is 0 Å². The van der Waals surface area contributed by atoms with Crippen LogP contribution in [0, 0.1) is 12.1 Å². The summed E-state index contributed by atoms with van der Waals surface area (Å²) in [4.78, 5) is 10.4. The minimum absolute atomic E-state index is 0.191. The Morgan fingerprint density at radius 3 is 0.988 bits per heavy atom. The van der Waals surface area contributed by atoms with Crippen molar-refractivity contribution in [2.24, 2.45) is 0 Å². The molecule has 10 aromatic carbocycles. The Balaban J connectivity index is 1.17. The zero-order valence-electron chi connectivity index (χ0n) is 47.8. The van der Waals surface area contributed by atoms with Crippen LogP contribution < -0.4 is 24.3 Å². The van der Waals surface area contributed by atoms with Crippen molar-refractivity contribution in [1.29, 1.82) is 0 Å². The molecule has 7 aliphatic rings. The molecule has 0 spiro atoms. The van der Waals surface area contributed by atoms with Crippen molar-refractivity contribution in [3.05, 3.63) is 228 Å². The number of hydrogen-bond donors (Lipinski definition) is 0. The molecule has 16 bridgehead atoms. The van der Waals surface area contributed by atoms with Crippen molar-refractivity contribution in [2.45, 2.75) is 90.9 Å². The maximum atomic E-state index is 6.89. The number of ether oxygens (including phenoxy) is 1. The van der Waals surface area contributed by atoms with Gasteiger partial charge in [-0.2, -0.15) is 0 Å². The van der Waals surface area contributed by atoms with Gasteiger partial charge in [0, 0.05) is 0 Å². The van der Waals surface area contributed by atoms with E-state index in [9.17, 15) is 0 Å². The molecular formula is C76H60N4OPt-2. The standard InChI is InChI=1S/C76H60N4O.Pt/c1-73(2,3)49-37-55-45-25-29-63-59(33-45)61-35-47(27-31-65(61)75(63,7)8)57-39-50(74(4,5)6)40-58-48-28-32-66-62(36-48)60-34-46(26-30-64(60)76(66,9)10)56(38-49)71(55)79-43-77(67-21-11-13-23-69(67)79)51-17-15-19-53(41-51)81-54-20-16-18-52(42-54)78-44-80(72(57)58)70-24-14-12-22-68(70)78;/h11-40H,1-10H3;/q-2;.